The van der Waals surface area contributed by atoms with Crippen molar-refractivity contribution in [3.8, 4) is 5.88 Å². The number of nitrogen functional groups attached to an aromatic ring is 1. The number of rotatable bonds is 7. The second-order valence-electron chi connectivity index (χ2n) is 6.55. The van der Waals surface area contributed by atoms with Gasteiger partial charge in [0.1, 0.15) is 18.2 Å². The fraction of sp³-hybridized carbons (Fsp3) is 0.190. The van der Waals surface area contributed by atoms with E-state index in [9.17, 15) is 13.6 Å². The molecule has 0 spiro atoms. The Labute approximate surface area is 176 Å². The number of halogens is 3. The van der Waals surface area contributed by atoms with Crippen LogP contribution >= 0.6 is 11.6 Å². The molecule has 0 aliphatic rings. The van der Waals surface area contributed by atoms with Crippen LogP contribution in [-0.2, 0) is 6.61 Å². The minimum atomic E-state index is -0.759. The summed E-state index contributed by atoms with van der Waals surface area (Å²) in [6, 6.07) is 8.79. The van der Waals surface area contributed by atoms with E-state index in [4.69, 9.17) is 27.8 Å². The molecule has 1 amide bonds. The average molecular weight is 433 g/mol. The highest BCUT2D eigenvalue weighted by molar-refractivity contribution is 6.31. The third kappa shape index (κ3) is 4.49. The Hall–Kier alpha value is -3.26. The van der Waals surface area contributed by atoms with Gasteiger partial charge in [0.15, 0.2) is 5.82 Å². The quantitative estimate of drug-likeness (QED) is 0.544. The number of nitrogens with two attached hydrogens (primary N) is 2. The maximum absolute atomic E-state index is 14.0. The highest BCUT2D eigenvalue weighted by Gasteiger charge is 2.19. The Kier molecular flexibility index (Phi) is 6.47. The van der Waals surface area contributed by atoms with Crippen LogP contribution < -0.4 is 16.2 Å². The summed E-state index contributed by atoms with van der Waals surface area (Å²) in [7, 11) is 0. The third-order valence-electron chi connectivity index (χ3n) is 4.62. The number of aromatic nitrogens is 2. The zero-order valence-electron chi connectivity index (χ0n) is 16.0. The molecule has 1 heterocycles. The summed E-state index contributed by atoms with van der Waals surface area (Å²) in [6.45, 7) is 1.57. The first-order valence-electron chi connectivity index (χ1n) is 9.09. The van der Waals surface area contributed by atoms with E-state index in [1.807, 2.05) is 13.0 Å². The number of amides is 1. The molecule has 3 aromatic rings. The topological polar surface area (TPSA) is 104 Å². The summed E-state index contributed by atoms with van der Waals surface area (Å²) < 4.78 is 33.1. The van der Waals surface area contributed by atoms with Crippen LogP contribution in [-0.4, -0.2) is 15.9 Å². The fourth-order valence-corrected chi connectivity index (χ4v) is 3.24. The molecule has 0 fully saturated rings. The number of benzene rings is 2. The van der Waals surface area contributed by atoms with E-state index in [0.29, 0.717) is 17.7 Å². The second-order valence-corrected chi connectivity index (χ2v) is 6.92. The second kappa shape index (κ2) is 9.04. The minimum absolute atomic E-state index is 0.00702. The van der Waals surface area contributed by atoms with Crippen LogP contribution in [0.25, 0.3) is 0 Å². The Balaban J connectivity index is 1.90. The Bertz CT molecular complexity index is 1090. The Morgan fingerprint density at radius 3 is 2.67 bits per heavy atom. The average Bonchev–Trinajstić information content (AvgIpc) is 2.73. The van der Waals surface area contributed by atoms with Crippen molar-refractivity contribution in [1.82, 2.24) is 9.97 Å². The van der Waals surface area contributed by atoms with Gasteiger partial charge in [-0.2, -0.15) is 0 Å². The molecule has 156 valence electrons. The van der Waals surface area contributed by atoms with Crippen molar-refractivity contribution >= 4 is 23.3 Å². The van der Waals surface area contributed by atoms with Crippen molar-refractivity contribution in [1.29, 1.82) is 0 Å². The van der Waals surface area contributed by atoms with Gasteiger partial charge in [0, 0.05) is 17.0 Å². The molecular formula is C21H19ClF2N4O2. The van der Waals surface area contributed by atoms with E-state index in [1.165, 1.54) is 6.20 Å². The molecule has 0 aliphatic carbocycles. The SMILES string of the molecule is CCC(c1cccc(C(N)=O)c1)c1cnc(N)c(OCc2c(F)ccc(F)c2Cl)n1. The predicted molar refractivity (Wildman–Crippen MR) is 109 cm³/mol. The number of carbonyl (C=O) groups is 1. The number of nitrogens with zero attached hydrogens (tertiary/aromatic N) is 2. The number of primary amides is 1. The minimum Gasteiger partial charge on any atom is -0.470 e. The molecule has 1 atom stereocenters. The number of hydrogen-bond donors (Lipinski definition) is 2. The summed E-state index contributed by atoms with van der Waals surface area (Å²) in [5.74, 6) is -2.25. The summed E-state index contributed by atoms with van der Waals surface area (Å²) in [6.07, 6.45) is 2.15. The molecule has 0 bridgehead atoms. The van der Waals surface area contributed by atoms with Crippen LogP contribution in [0.3, 0.4) is 0 Å². The monoisotopic (exact) mass is 432 g/mol. The van der Waals surface area contributed by atoms with Crippen LogP contribution in [0.1, 0.15) is 46.4 Å². The molecular weight excluding hydrogens is 414 g/mol. The molecule has 0 radical (unpaired) electrons. The van der Waals surface area contributed by atoms with E-state index in [2.05, 4.69) is 9.97 Å². The smallest absolute Gasteiger partial charge is 0.257 e. The standard InChI is InChI=1S/C21H19ClF2N4O2/c1-2-13(11-4-3-5-12(8-11)20(26)29)17-9-27-19(25)21(28-17)30-10-14-15(23)6-7-16(24)18(14)22/h3-9,13H,2,10H2,1H3,(H2,25,27)(H2,26,29). The van der Waals surface area contributed by atoms with Crippen LogP contribution in [0.5, 0.6) is 5.88 Å². The molecule has 2 aromatic carbocycles. The van der Waals surface area contributed by atoms with Crippen LogP contribution in [0, 0.1) is 11.6 Å². The lowest BCUT2D eigenvalue weighted by Gasteiger charge is -2.17. The number of ether oxygens (including phenoxy) is 1. The summed E-state index contributed by atoms with van der Waals surface area (Å²) >= 11 is 5.83. The van der Waals surface area contributed by atoms with Crippen molar-refractivity contribution in [2.24, 2.45) is 5.73 Å². The van der Waals surface area contributed by atoms with Gasteiger partial charge < -0.3 is 16.2 Å². The lowest BCUT2D eigenvalue weighted by Crippen LogP contribution is -2.13. The first kappa shape index (κ1) is 21.4. The van der Waals surface area contributed by atoms with Gasteiger partial charge in [-0.25, -0.2) is 18.7 Å². The highest BCUT2D eigenvalue weighted by Crippen LogP contribution is 2.30. The first-order valence-corrected chi connectivity index (χ1v) is 9.47. The highest BCUT2D eigenvalue weighted by atomic mass is 35.5. The van der Waals surface area contributed by atoms with E-state index < -0.39 is 17.5 Å². The van der Waals surface area contributed by atoms with Crippen molar-refractivity contribution in [3.63, 3.8) is 0 Å². The summed E-state index contributed by atoms with van der Waals surface area (Å²) in [5.41, 5.74) is 12.8. The molecule has 1 aromatic heterocycles. The van der Waals surface area contributed by atoms with E-state index in [1.54, 1.807) is 18.2 Å². The molecule has 4 N–H and O–H groups in total. The lowest BCUT2D eigenvalue weighted by molar-refractivity contribution is 0.1000. The van der Waals surface area contributed by atoms with Gasteiger partial charge in [-0.15, -0.1) is 0 Å². The van der Waals surface area contributed by atoms with E-state index in [-0.39, 0.29) is 34.8 Å². The zero-order valence-corrected chi connectivity index (χ0v) is 16.8. The van der Waals surface area contributed by atoms with E-state index in [0.717, 1.165) is 17.7 Å². The number of hydrogen-bond acceptors (Lipinski definition) is 5. The summed E-state index contributed by atoms with van der Waals surface area (Å²) in [5, 5.41) is -0.368. The largest absolute Gasteiger partial charge is 0.470 e. The molecule has 0 aliphatic heterocycles. The Morgan fingerprint density at radius 2 is 1.97 bits per heavy atom. The van der Waals surface area contributed by atoms with Gasteiger partial charge in [-0.1, -0.05) is 30.7 Å². The van der Waals surface area contributed by atoms with Crippen molar-refractivity contribution in [2.75, 3.05) is 5.73 Å². The fourth-order valence-electron chi connectivity index (χ4n) is 3.03. The van der Waals surface area contributed by atoms with Gasteiger partial charge in [0.2, 0.25) is 5.91 Å². The summed E-state index contributed by atoms with van der Waals surface area (Å²) in [4.78, 5) is 20.0. The van der Waals surface area contributed by atoms with Gasteiger partial charge in [0.25, 0.3) is 5.88 Å². The van der Waals surface area contributed by atoms with Gasteiger partial charge in [-0.3, -0.25) is 4.79 Å². The molecule has 6 nitrogen and oxygen atoms in total. The maximum Gasteiger partial charge on any atom is 0.257 e. The number of carbonyl (C=O) groups excluding carboxylic acids is 1. The normalized spacial score (nSPS) is 11.9. The maximum atomic E-state index is 14.0. The van der Waals surface area contributed by atoms with E-state index >= 15 is 0 Å². The Morgan fingerprint density at radius 1 is 1.23 bits per heavy atom. The molecule has 3 rings (SSSR count). The molecule has 1 unspecified atom stereocenters. The molecule has 0 saturated heterocycles. The number of anilines is 1. The van der Waals surface area contributed by atoms with Crippen LogP contribution in [0.15, 0.2) is 42.6 Å². The first-order chi connectivity index (χ1) is 14.3. The van der Waals surface area contributed by atoms with Crippen LogP contribution in [0.4, 0.5) is 14.6 Å². The third-order valence-corrected chi connectivity index (χ3v) is 5.03. The van der Waals surface area contributed by atoms with Gasteiger partial charge in [0.05, 0.1) is 16.9 Å². The predicted octanol–water partition coefficient (Wildman–Crippen LogP) is 4.21. The molecule has 0 saturated carbocycles. The van der Waals surface area contributed by atoms with Crippen molar-refractivity contribution in [3.05, 3.63) is 81.6 Å². The van der Waals surface area contributed by atoms with Crippen molar-refractivity contribution < 1.29 is 18.3 Å². The molecule has 9 heteroatoms. The molecule has 30 heavy (non-hydrogen) atoms. The lowest BCUT2D eigenvalue weighted by atomic mass is 9.92. The zero-order chi connectivity index (χ0) is 21.8. The van der Waals surface area contributed by atoms with Crippen LogP contribution in [0.2, 0.25) is 5.02 Å². The van der Waals surface area contributed by atoms with Gasteiger partial charge >= 0.3 is 0 Å². The van der Waals surface area contributed by atoms with Crippen molar-refractivity contribution in [2.45, 2.75) is 25.9 Å². The van der Waals surface area contributed by atoms with Gasteiger partial charge in [-0.05, 0) is 36.2 Å².